The van der Waals surface area contributed by atoms with Gasteiger partial charge in [-0.3, -0.25) is 14.7 Å². The number of hydrazone groups is 1. The number of nitrogens with two attached hydrogens (primary N) is 1. The molecule has 0 radical (unpaired) electrons. The lowest BCUT2D eigenvalue weighted by atomic mass is 10.1. The Labute approximate surface area is 191 Å². The highest BCUT2D eigenvalue weighted by Crippen LogP contribution is 2.35. The van der Waals surface area contributed by atoms with Crippen LogP contribution in [-0.4, -0.2) is 77.0 Å². The van der Waals surface area contributed by atoms with E-state index in [1.807, 2.05) is 0 Å². The molecule has 1 aliphatic heterocycles. The average molecular weight is 474 g/mol. The van der Waals surface area contributed by atoms with Crippen LogP contribution >= 0.6 is 0 Å². The average Bonchev–Trinajstić information content (AvgIpc) is 3.34. The first-order valence-corrected chi connectivity index (χ1v) is 10.1. The quantitative estimate of drug-likeness (QED) is 0.163. The van der Waals surface area contributed by atoms with Crippen molar-refractivity contribution in [2.24, 2.45) is 5.10 Å². The number of nitrogen functional groups attached to an aromatic ring is 1. The maximum atomic E-state index is 10.9. The monoisotopic (exact) mass is 474 g/mol. The molecule has 0 aliphatic carbocycles. The number of hydrogen-bond donors (Lipinski definition) is 5. The Kier molecular flexibility index (Phi) is 6.51. The summed E-state index contributed by atoms with van der Waals surface area (Å²) in [6.07, 6.45) is -3.69. The molecule has 180 valence electrons. The van der Waals surface area contributed by atoms with Gasteiger partial charge >= 0.3 is 0 Å². The number of fused-ring (bicyclic) bond motifs is 1. The lowest BCUT2D eigenvalue weighted by Crippen LogP contribution is -2.33. The first kappa shape index (κ1) is 23.2. The molecule has 1 saturated heterocycles. The fourth-order valence-electron chi connectivity index (χ4n) is 3.39. The largest absolute Gasteiger partial charge is 0.487 e. The first-order valence-electron chi connectivity index (χ1n) is 10.1. The smallest absolute Gasteiger partial charge is 0.273 e. The van der Waals surface area contributed by atoms with Crippen molar-refractivity contribution < 1.29 is 29.7 Å². The first-order chi connectivity index (χ1) is 16.3. The fraction of sp³-hybridized carbons (Fsp3) is 0.368. The SMILES string of the molecule is CC(COc1cccc([N+](=O)[O-])c1)=NNc1nc2c(N)ncnc2n1C1OC(CO)C(O)C1O. The van der Waals surface area contributed by atoms with Gasteiger partial charge in [0, 0.05) is 6.07 Å². The summed E-state index contributed by atoms with van der Waals surface area (Å²) in [5, 5.41) is 45.2. The number of nitrogens with zero attached hydrogens (tertiary/aromatic N) is 6. The Morgan fingerprint density at radius 2 is 2.18 bits per heavy atom. The van der Waals surface area contributed by atoms with E-state index < -0.39 is 36.1 Å². The van der Waals surface area contributed by atoms with Gasteiger partial charge in [-0.05, 0) is 13.0 Å². The van der Waals surface area contributed by atoms with Gasteiger partial charge in [0.25, 0.3) is 5.69 Å². The highest BCUT2D eigenvalue weighted by molar-refractivity contribution is 5.86. The van der Waals surface area contributed by atoms with Crippen LogP contribution in [-0.2, 0) is 4.74 Å². The Hall–Kier alpha value is -3.92. The second kappa shape index (κ2) is 9.52. The van der Waals surface area contributed by atoms with Gasteiger partial charge in [-0.25, -0.2) is 20.4 Å². The Morgan fingerprint density at radius 3 is 2.88 bits per heavy atom. The third-order valence-electron chi connectivity index (χ3n) is 5.10. The number of nitrogens with one attached hydrogen (secondary N) is 1. The molecule has 4 rings (SSSR count). The predicted molar refractivity (Wildman–Crippen MR) is 118 cm³/mol. The number of aromatic nitrogens is 4. The topological polar surface area (TPSA) is 216 Å². The number of benzene rings is 1. The molecule has 4 unspecified atom stereocenters. The number of aliphatic hydroxyl groups excluding tert-OH is 3. The van der Waals surface area contributed by atoms with Crippen LogP contribution in [0.4, 0.5) is 17.5 Å². The Morgan fingerprint density at radius 1 is 1.38 bits per heavy atom. The van der Waals surface area contributed by atoms with E-state index in [0.717, 1.165) is 0 Å². The Balaban J connectivity index is 1.57. The van der Waals surface area contributed by atoms with Crippen molar-refractivity contribution in [2.75, 3.05) is 24.4 Å². The van der Waals surface area contributed by atoms with Crippen LogP contribution in [0.2, 0.25) is 0 Å². The van der Waals surface area contributed by atoms with Crippen LogP contribution in [0.1, 0.15) is 13.2 Å². The van der Waals surface area contributed by atoms with Crippen LogP contribution in [0.25, 0.3) is 11.2 Å². The van der Waals surface area contributed by atoms with E-state index in [1.165, 1.54) is 29.1 Å². The minimum absolute atomic E-state index is 0.00416. The molecule has 0 saturated carbocycles. The van der Waals surface area contributed by atoms with Gasteiger partial charge in [-0.15, -0.1) is 0 Å². The van der Waals surface area contributed by atoms with E-state index in [4.69, 9.17) is 15.2 Å². The minimum atomic E-state index is -1.39. The Bertz CT molecular complexity index is 1230. The molecule has 0 spiro atoms. The van der Waals surface area contributed by atoms with Gasteiger partial charge in [-0.2, -0.15) is 5.10 Å². The van der Waals surface area contributed by atoms with Crippen molar-refractivity contribution in [3.8, 4) is 5.75 Å². The van der Waals surface area contributed by atoms with Gasteiger partial charge in [0.2, 0.25) is 5.95 Å². The second-order valence-corrected chi connectivity index (χ2v) is 7.47. The molecular weight excluding hydrogens is 452 g/mol. The molecule has 15 heteroatoms. The highest BCUT2D eigenvalue weighted by atomic mass is 16.6. The van der Waals surface area contributed by atoms with Gasteiger partial charge in [0.05, 0.1) is 23.3 Å². The van der Waals surface area contributed by atoms with E-state index in [2.05, 4.69) is 25.5 Å². The molecule has 1 aliphatic rings. The van der Waals surface area contributed by atoms with Crippen molar-refractivity contribution in [3.05, 3.63) is 40.7 Å². The highest BCUT2D eigenvalue weighted by Gasteiger charge is 2.45. The molecule has 34 heavy (non-hydrogen) atoms. The number of hydrogen-bond acceptors (Lipinski definition) is 13. The zero-order valence-corrected chi connectivity index (χ0v) is 17.8. The fourth-order valence-corrected chi connectivity index (χ4v) is 3.39. The summed E-state index contributed by atoms with van der Waals surface area (Å²) in [4.78, 5) is 22.8. The maximum absolute atomic E-state index is 10.9. The van der Waals surface area contributed by atoms with E-state index in [0.29, 0.717) is 11.5 Å². The van der Waals surface area contributed by atoms with Gasteiger partial charge < -0.3 is 30.5 Å². The number of nitro groups is 1. The van der Waals surface area contributed by atoms with Crippen LogP contribution in [0, 0.1) is 10.1 Å². The molecule has 15 nitrogen and oxygen atoms in total. The summed E-state index contributed by atoms with van der Waals surface area (Å²) < 4.78 is 12.5. The summed E-state index contributed by atoms with van der Waals surface area (Å²) in [7, 11) is 0. The number of rotatable bonds is 8. The summed E-state index contributed by atoms with van der Waals surface area (Å²) in [5.41, 5.74) is 9.41. The normalized spacial score (nSPS) is 22.8. The zero-order valence-electron chi connectivity index (χ0n) is 17.8. The number of anilines is 2. The molecule has 4 atom stereocenters. The third-order valence-corrected chi connectivity index (χ3v) is 5.10. The number of non-ortho nitro benzene ring substituents is 1. The van der Waals surface area contributed by atoms with E-state index in [9.17, 15) is 25.4 Å². The third kappa shape index (κ3) is 4.44. The molecule has 6 N–H and O–H groups in total. The molecule has 0 amide bonds. The molecule has 1 aromatic carbocycles. The minimum Gasteiger partial charge on any atom is -0.487 e. The number of ether oxygens (including phenoxy) is 2. The van der Waals surface area contributed by atoms with Gasteiger partial charge in [0.15, 0.2) is 23.2 Å². The van der Waals surface area contributed by atoms with Crippen LogP contribution in [0.3, 0.4) is 0 Å². The van der Waals surface area contributed by atoms with Crippen molar-refractivity contribution in [2.45, 2.75) is 31.5 Å². The van der Waals surface area contributed by atoms with Crippen molar-refractivity contribution in [1.29, 1.82) is 0 Å². The summed E-state index contributed by atoms with van der Waals surface area (Å²) in [5.74, 6) is 0.450. The van der Waals surface area contributed by atoms with E-state index in [-0.39, 0.29) is 35.2 Å². The molecule has 3 heterocycles. The summed E-state index contributed by atoms with van der Waals surface area (Å²) in [6.45, 7) is 1.15. The zero-order chi connectivity index (χ0) is 24.4. The van der Waals surface area contributed by atoms with Crippen molar-refractivity contribution >= 4 is 34.3 Å². The second-order valence-electron chi connectivity index (χ2n) is 7.47. The molecule has 3 aromatic rings. The van der Waals surface area contributed by atoms with E-state index in [1.54, 1.807) is 13.0 Å². The summed E-state index contributed by atoms with van der Waals surface area (Å²) >= 11 is 0. The molecular formula is C19H22N8O7. The lowest BCUT2D eigenvalue weighted by Gasteiger charge is -2.19. The maximum Gasteiger partial charge on any atom is 0.273 e. The number of aliphatic hydroxyl groups is 3. The van der Waals surface area contributed by atoms with Crippen LogP contribution in [0.15, 0.2) is 35.7 Å². The molecule has 0 bridgehead atoms. The number of imidazole rings is 1. The van der Waals surface area contributed by atoms with Crippen molar-refractivity contribution in [1.82, 2.24) is 19.5 Å². The predicted octanol–water partition coefficient (Wildman–Crippen LogP) is -0.205. The van der Waals surface area contributed by atoms with E-state index >= 15 is 0 Å². The number of nitro benzene ring substituents is 1. The lowest BCUT2D eigenvalue weighted by molar-refractivity contribution is -0.384. The van der Waals surface area contributed by atoms with Gasteiger partial charge in [-0.1, -0.05) is 6.07 Å². The van der Waals surface area contributed by atoms with Gasteiger partial charge in [0.1, 0.15) is 37.0 Å². The van der Waals surface area contributed by atoms with Crippen molar-refractivity contribution in [3.63, 3.8) is 0 Å². The molecule has 1 fully saturated rings. The van der Waals surface area contributed by atoms with Crippen LogP contribution in [0.5, 0.6) is 5.75 Å². The summed E-state index contributed by atoms with van der Waals surface area (Å²) in [6, 6.07) is 5.73. The standard InChI is InChI=1S/C19H22N8O7/c1-9(7-33-11-4-2-3-10(5-11)27(31)32)24-25-19-23-13-16(20)21-8-22-17(13)26(19)18-15(30)14(29)12(6-28)34-18/h2-5,8,12,14-15,18,28-30H,6-7H2,1H3,(H,23,25)(H2,20,21,22). The molecule has 2 aromatic heterocycles. The van der Waals surface area contributed by atoms with Crippen LogP contribution < -0.4 is 15.9 Å².